The minimum absolute atomic E-state index is 0.0794. The first-order chi connectivity index (χ1) is 13.9. The molecule has 3 N–H and O–H groups in total. The predicted molar refractivity (Wildman–Crippen MR) is 110 cm³/mol. The molecule has 7 nitrogen and oxygen atoms in total. The molecule has 1 aliphatic heterocycles. The molecule has 0 spiro atoms. The van der Waals surface area contributed by atoms with Gasteiger partial charge in [-0.1, -0.05) is 24.3 Å². The summed E-state index contributed by atoms with van der Waals surface area (Å²) in [6, 6.07) is 13.0. The molecule has 1 atom stereocenters. The minimum Gasteiger partial charge on any atom is -0.508 e. The van der Waals surface area contributed by atoms with Crippen LogP contribution in [0, 0.1) is 0 Å². The second-order valence-corrected chi connectivity index (χ2v) is 7.36. The smallest absolute Gasteiger partial charge is 0.318 e. The van der Waals surface area contributed by atoms with Crippen LogP contribution in [0.3, 0.4) is 0 Å². The lowest BCUT2D eigenvalue weighted by Gasteiger charge is -2.28. The number of benzene rings is 2. The molecule has 0 saturated carbocycles. The predicted octanol–water partition coefficient (Wildman–Crippen LogP) is 2.47. The van der Waals surface area contributed by atoms with Gasteiger partial charge >= 0.3 is 6.03 Å². The van der Waals surface area contributed by atoms with E-state index in [2.05, 4.69) is 5.32 Å². The zero-order valence-electron chi connectivity index (χ0n) is 16.5. The molecule has 154 valence electrons. The number of hydrogen-bond acceptors (Lipinski definition) is 4. The van der Waals surface area contributed by atoms with E-state index in [0.717, 1.165) is 17.5 Å². The van der Waals surface area contributed by atoms with E-state index >= 15 is 0 Å². The summed E-state index contributed by atoms with van der Waals surface area (Å²) in [5.41, 5.74) is 1.94. The van der Waals surface area contributed by atoms with Gasteiger partial charge in [0.15, 0.2) is 0 Å². The molecule has 1 fully saturated rings. The average molecular weight is 397 g/mol. The summed E-state index contributed by atoms with van der Waals surface area (Å²) >= 11 is 0. The molecule has 2 aromatic carbocycles. The summed E-state index contributed by atoms with van der Waals surface area (Å²) in [4.78, 5) is 28.7. The highest BCUT2D eigenvalue weighted by Gasteiger charge is 2.35. The topological polar surface area (TPSA) is 93.1 Å². The third kappa shape index (κ3) is 5.40. The lowest BCUT2D eigenvalue weighted by molar-refractivity contribution is -0.134. The number of phenolic OH excluding ortho intramolecular Hbond substituents is 2. The molecule has 0 unspecified atom stereocenters. The van der Waals surface area contributed by atoms with Gasteiger partial charge < -0.3 is 25.3 Å². The van der Waals surface area contributed by atoms with Crippen molar-refractivity contribution in [2.45, 2.75) is 31.8 Å². The maximum atomic E-state index is 12.9. The molecule has 2 aromatic rings. The molecule has 29 heavy (non-hydrogen) atoms. The summed E-state index contributed by atoms with van der Waals surface area (Å²) in [5.74, 6) is 0.325. The average Bonchev–Trinajstić information content (AvgIpc) is 3.20. The Labute approximate surface area is 170 Å². The number of nitrogens with one attached hydrogen (secondary N) is 1. The van der Waals surface area contributed by atoms with Crippen molar-refractivity contribution < 1.29 is 19.8 Å². The maximum Gasteiger partial charge on any atom is 0.318 e. The zero-order valence-corrected chi connectivity index (χ0v) is 16.5. The second-order valence-electron chi connectivity index (χ2n) is 7.36. The van der Waals surface area contributed by atoms with E-state index in [1.165, 1.54) is 0 Å². The number of rotatable bonds is 6. The summed E-state index contributed by atoms with van der Waals surface area (Å²) < 4.78 is 0. The fraction of sp³-hybridized carbons (Fsp3) is 0.364. The van der Waals surface area contributed by atoms with Crippen LogP contribution < -0.4 is 5.32 Å². The van der Waals surface area contributed by atoms with E-state index in [1.54, 1.807) is 53.2 Å². The quantitative estimate of drug-likeness (QED) is 0.698. The Hall–Kier alpha value is -3.22. The van der Waals surface area contributed by atoms with Crippen molar-refractivity contribution in [2.75, 3.05) is 20.1 Å². The van der Waals surface area contributed by atoms with Gasteiger partial charge in [-0.25, -0.2) is 4.79 Å². The highest BCUT2D eigenvalue weighted by atomic mass is 16.3. The van der Waals surface area contributed by atoms with Gasteiger partial charge in [-0.05, 0) is 54.7 Å². The van der Waals surface area contributed by atoms with Crippen molar-refractivity contribution in [3.63, 3.8) is 0 Å². The van der Waals surface area contributed by atoms with Crippen molar-refractivity contribution in [3.8, 4) is 11.5 Å². The first-order valence-electron chi connectivity index (χ1n) is 9.79. The SMILES string of the molecule is CN(Cc1ccc(O)cc1)C(=O)[C@H]1CCCN1C(=O)NCCc1ccc(O)cc1. The maximum absolute atomic E-state index is 12.9. The molecule has 1 saturated heterocycles. The van der Waals surface area contributed by atoms with E-state index in [1.807, 2.05) is 12.1 Å². The molecule has 0 bridgehead atoms. The van der Waals surface area contributed by atoms with Crippen LogP contribution in [0.5, 0.6) is 11.5 Å². The second kappa shape index (κ2) is 9.32. The molecular weight excluding hydrogens is 370 g/mol. The van der Waals surface area contributed by atoms with Gasteiger partial charge in [0.2, 0.25) is 5.91 Å². The lowest BCUT2D eigenvalue weighted by Crippen LogP contribution is -2.50. The Morgan fingerprint density at radius 1 is 1.03 bits per heavy atom. The number of likely N-dealkylation sites (tertiary alicyclic amines) is 1. The number of phenols is 2. The number of carbonyl (C=O) groups is 2. The Morgan fingerprint density at radius 2 is 1.62 bits per heavy atom. The Morgan fingerprint density at radius 3 is 2.24 bits per heavy atom. The Kier molecular flexibility index (Phi) is 6.59. The number of aromatic hydroxyl groups is 2. The van der Waals surface area contributed by atoms with Crippen LogP contribution in [0.1, 0.15) is 24.0 Å². The molecule has 3 amide bonds. The van der Waals surface area contributed by atoms with Crippen LogP contribution >= 0.6 is 0 Å². The molecule has 0 aromatic heterocycles. The van der Waals surface area contributed by atoms with Crippen LogP contribution in [0.25, 0.3) is 0 Å². The van der Waals surface area contributed by atoms with E-state index < -0.39 is 6.04 Å². The molecular formula is C22H27N3O4. The fourth-order valence-corrected chi connectivity index (χ4v) is 3.55. The Bertz CT molecular complexity index is 836. The van der Waals surface area contributed by atoms with Gasteiger partial charge in [-0.2, -0.15) is 0 Å². The first-order valence-corrected chi connectivity index (χ1v) is 9.79. The van der Waals surface area contributed by atoms with Crippen molar-refractivity contribution in [2.24, 2.45) is 0 Å². The van der Waals surface area contributed by atoms with Crippen molar-refractivity contribution in [1.29, 1.82) is 0 Å². The number of carbonyl (C=O) groups excluding carboxylic acids is 2. The number of nitrogens with zero attached hydrogens (tertiary/aromatic N) is 2. The van der Waals surface area contributed by atoms with Crippen LogP contribution in [-0.4, -0.2) is 58.1 Å². The zero-order chi connectivity index (χ0) is 20.8. The van der Waals surface area contributed by atoms with E-state index in [4.69, 9.17) is 0 Å². The van der Waals surface area contributed by atoms with Gasteiger partial charge in [0.25, 0.3) is 0 Å². The van der Waals surface area contributed by atoms with E-state index in [-0.39, 0.29) is 23.4 Å². The van der Waals surface area contributed by atoms with Crippen molar-refractivity contribution in [3.05, 3.63) is 59.7 Å². The molecule has 1 aliphatic rings. The largest absolute Gasteiger partial charge is 0.508 e. The lowest BCUT2D eigenvalue weighted by atomic mass is 10.1. The van der Waals surface area contributed by atoms with E-state index in [0.29, 0.717) is 32.5 Å². The summed E-state index contributed by atoms with van der Waals surface area (Å²) in [5, 5.41) is 21.6. The van der Waals surface area contributed by atoms with Gasteiger partial charge in [0.05, 0.1) is 0 Å². The standard InChI is InChI=1S/C22H27N3O4/c1-24(15-17-6-10-19(27)11-7-17)21(28)20-3-2-14-25(20)22(29)23-13-12-16-4-8-18(26)9-5-16/h4-11,20,26-27H,2-3,12-15H2,1H3,(H,23,29)/t20-/m1/s1. The third-order valence-corrected chi connectivity index (χ3v) is 5.16. The molecule has 0 aliphatic carbocycles. The first kappa shape index (κ1) is 20.5. The van der Waals surface area contributed by atoms with Crippen molar-refractivity contribution in [1.82, 2.24) is 15.1 Å². The molecule has 0 radical (unpaired) electrons. The van der Waals surface area contributed by atoms with Gasteiger partial charge in [0, 0.05) is 26.7 Å². The summed E-state index contributed by atoms with van der Waals surface area (Å²) in [6.45, 7) is 1.45. The molecule has 3 rings (SSSR count). The number of hydrogen-bond donors (Lipinski definition) is 3. The van der Waals surface area contributed by atoms with Crippen LogP contribution in [0.15, 0.2) is 48.5 Å². The third-order valence-electron chi connectivity index (χ3n) is 5.16. The Balaban J connectivity index is 1.52. The number of likely N-dealkylation sites (N-methyl/N-ethyl adjacent to an activating group) is 1. The summed E-state index contributed by atoms with van der Waals surface area (Å²) in [6.07, 6.45) is 2.11. The summed E-state index contributed by atoms with van der Waals surface area (Å²) in [7, 11) is 1.73. The molecule has 7 heteroatoms. The minimum atomic E-state index is -0.453. The number of amides is 3. The van der Waals surface area contributed by atoms with Crippen LogP contribution in [0.2, 0.25) is 0 Å². The molecule has 1 heterocycles. The van der Waals surface area contributed by atoms with Gasteiger partial charge in [-0.3, -0.25) is 4.79 Å². The van der Waals surface area contributed by atoms with Gasteiger partial charge in [0.1, 0.15) is 17.5 Å². The van der Waals surface area contributed by atoms with Crippen LogP contribution in [-0.2, 0) is 17.8 Å². The number of urea groups is 1. The fourth-order valence-electron chi connectivity index (χ4n) is 3.55. The highest BCUT2D eigenvalue weighted by Crippen LogP contribution is 2.20. The highest BCUT2D eigenvalue weighted by molar-refractivity contribution is 5.87. The van der Waals surface area contributed by atoms with E-state index in [9.17, 15) is 19.8 Å². The van der Waals surface area contributed by atoms with Gasteiger partial charge in [-0.15, -0.1) is 0 Å². The van der Waals surface area contributed by atoms with Crippen LogP contribution in [0.4, 0.5) is 4.79 Å². The normalized spacial score (nSPS) is 15.9. The van der Waals surface area contributed by atoms with Crippen molar-refractivity contribution >= 4 is 11.9 Å². The monoisotopic (exact) mass is 397 g/mol.